The summed E-state index contributed by atoms with van der Waals surface area (Å²) in [5.41, 5.74) is 3.39. The quantitative estimate of drug-likeness (QED) is 0.836. The Morgan fingerprint density at radius 1 is 0.833 bits per heavy atom. The van der Waals surface area contributed by atoms with E-state index >= 15 is 0 Å². The Bertz CT molecular complexity index is 678. The van der Waals surface area contributed by atoms with Crippen LogP contribution in [0.25, 0.3) is 0 Å². The summed E-state index contributed by atoms with van der Waals surface area (Å²) in [6, 6.07) is 18.5. The van der Waals surface area contributed by atoms with Gasteiger partial charge in [0.2, 0.25) is 0 Å². The van der Waals surface area contributed by atoms with Crippen molar-refractivity contribution < 1.29 is 4.79 Å². The molecule has 3 heteroatoms. The summed E-state index contributed by atoms with van der Waals surface area (Å²) < 4.78 is 0. The summed E-state index contributed by atoms with van der Waals surface area (Å²) >= 11 is 0. The van der Waals surface area contributed by atoms with Crippen molar-refractivity contribution in [3.8, 4) is 0 Å². The highest BCUT2D eigenvalue weighted by Gasteiger charge is 2.22. The third-order valence-corrected chi connectivity index (χ3v) is 4.69. The Kier molecular flexibility index (Phi) is 4.61. The van der Waals surface area contributed by atoms with Crippen molar-refractivity contribution in [2.45, 2.75) is 26.2 Å². The lowest BCUT2D eigenvalue weighted by Crippen LogP contribution is -2.48. The highest BCUT2D eigenvalue weighted by molar-refractivity contribution is 5.94. The van der Waals surface area contributed by atoms with Crippen LogP contribution in [0.4, 0.5) is 5.69 Å². The molecule has 1 saturated heterocycles. The van der Waals surface area contributed by atoms with Crippen LogP contribution in [0.2, 0.25) is 0 Å². The molecule has 0 spiro atoms. The van der Waals surface area contributed by atoms with E-state index in [0.717, 1.165) is 31.7 Å². The molecule has 0 N–H and O–H groups in total. The van der Waals surface area contributed by atoms with Crippen LogP contribution in [0, 0.1) is 0 Å². The number of carbonyl (C=O) groups excluding carboxylic acids is 1. The lowest BCUT2D eigenvalue weighted by atomic mass is 9.86. The van der Waals surface area contributed by atoms with Crippen LogP contribution in [0.15, 0.2) is 54.6 Å². The Morgan fingerprint density at radius 2 is 1.42 bits per heavy atom. The van der Waals surface area contributed by atoms with Crippen LogP contribution in [0.3, 0.4) is 0 Å². The maximum absolute atomic E-state index is 12.7. The van der Waals surface area contributed by atoms with E-state index in [1.807, 2.05) is 23.1 Å². The molecule has 1 aliphatic heterocycles. The SMILES string of the molecule is CC(C)(C)c1ccc(C(=O)N2CCN(c3ccccc3)CC2)cc1. The Labute approximate surface area is 144 Å². The molecule has 0 bridgehead atoms. The van der Waals surface area contributed by atoms with E-state index in [1.54, 1.807) is 0 Å². The number of hydrogen-bond acceptors (Lipinski definition) is 2. The normalized spacial score (nSPS) is 15.5. The molecule has 0 radical (unpaired) electrons. The zero-order valence-corrected chi connectivity index (χ0v) is 14.8. The molecule has 1 fully saturated rings. The van der Waals surface area contributed by atoms with Gasteiger partial charge in [-0.25, -0.2) is 0 Å². The molecule has 3 rings (SSSR count). The summed E-state index contributed by atoms with van der Waals surface area (Å²) in [7, 11) is 0. The number of rotatable bonds is 2. The Morgan fingerprint density at radius 3 is 1.96 bits per heavy atom. The topological polar surface area (TPSA) is 23.6 Å². The molecule has 126 valence electrons. The first kappa shape index (κ1) is 16.6. The third-order valence-electron chi connectivity index (χ3n) is 4.69. The van der Waals surface area contributed by atoms with Crippen LogP contribution in [0.1, 0.15) is 36.7 Å². The molecule has 0 atom stereocenters. The summed E-state index contributed by atoms with van der Waals surface area (Å²) in [6.07, 6.45) is 0. The van der Waals surface area contributed by atoms with Crippen molar-refractivity contribution in [2.75, 3.05) is 31.1 Å². The van der Waals surface area contributed by atoms with Gasteiger partial charge < -0.3 is 9.80 Å². The van der Waals surface area contributed by atoms with E-state index in [4.69, 9.17) is 0 Å². The smallest absolute Gasteiger partial charge is 0.253 e. The van der Waals surface area contributed by atoms with Gasteiger partial charge in [0.25, 0.3) is 5.91 Å². The van der Waals surface area contributed by atoms with Gasteiger partial charge in [-0.05, 0) is 35.2 Å². The van der Waals surface area contributed by atoms with E-state index < -0.39 is 0 Å². The fourth-order valence-electron chi connectivity index (χ4n) is 3.10. The predicted octanol–water partition coefficient (Wildman–Crippen LogP) is 3.95. The maximum Gasteiger partial charge on any atom is 0.253 e. The molecule has 0 saturated carbocycles. The van der Waals surface area contributed by atoms with Gasteiger partial charge in [-0.2, -0.15) is 0 Å². The first-order valence-electron chi connectivity index (χ1n) is 8.65. The molecule has 2 aromatic rings. The number of nitrogens with zero attached hydrogens (tertiary/aromatic N) is 2. The van der Waals surface area contributed by atoms with Crippen molar-refractivity contribution in [3.63, 3.8) is 0 Å². The van der Waals surface area contributed by atoms with Gasteiger partial charge in [0.05, 0.1) is 0 Å². The molecule has 1 aliphatic rings. The highest BCUT2D eigenvalue weighted by atomic mass is 16.2. The minimum Gasteiger partial charge on any atom is -0.368 e. The third kappa shape index (κ3) is 3.61. The zero-order valence-electron chi connectivity index (χ0n) is 14.8. The summed E-state index contributed by atoms with van der Waals surface area (Å²) in [4.78, 5) is 17.0. The van der Waals surface area contributed by atoms with Gasteiger partial charge in [-0.15, -0.1) is 0 Å². The number of hydrogen-bond donors (Lipinski definition) is 0. The number of anilines is 1. The Hall–Kier alpha value is -2.29. The molecule has 1 amide bonds. The zero-order chi connectivity index (χ0) is 17.2. The highest BCUT2D eigenvalue weighted by Crippen LogP contribution is 2.23. The molecule has 24 heavy (non-hydrogen) atoms. The van der Waals surface area contributed by atoms with Crippen LogP contribution in [-0.4, -0.2) is 37.0 Å². The van der Waals surface area contributed by atoms with Crippen molar-refractivity contribution in [1.82, 2.24) is 4.90 Å². The van der Waals surface area contributed by atoms with E-state index in [9.17, 15) is 4.79 Å². The van der Waals surface area contributed by atoms with Crippen LogP contribution < -0.4 is 4.90 Å². The molecule has 3 nitrogen and oxygen atoms in total. The molecule has 1 heterocycles. The van der Waals surface area contributed by atoms with Gasteiger partial charge in [0.1, 0.15) is 0 Å². The van der Waals surface area contributed by atoms with Gasteiger partial charge in [0, 0.05) is 37.4 Å². The molecular weight excluding hydrogens is 296 g/mol. The van der Waals surface area contributed by atoms with E-state index in [1.165, 1.54) is 11.3 Å². The summed E-state index contributed by atoms with van der Waals surface area (Å²) in [5, 5.41) is 0. The number of benzene rings is 2. The van der Waals surface area contributed by atoms with Gasteiger partial charge >= 0.3 is 0 Å². The van der Waals surface area contributed by atoms with Gasteiger partial charge in [-0.3, -0.25) is 4.79 Å². The first-order valence-corrected chi connectivity index (χ1v) is 8.65. The standard InChI is InChI=1S/C21H26N2O/c1-21(2,3)18-11-9-17(10-12-18)20(24)23-15-13-22(14-16-23)19-7-5-4-6-8-19/h4-12H,13-16H2,1-3H3. The van der Waals surface area contributed by atoms with Crippen molar-refractivity contribution in [3.05, 3.63) is 65.7 Å². The number of piperazine rings is 1. The minimum atomic E-state index is 0.114. The monoisotopic (exact) mass is 322 g/mol. The molecule has 0 aliphatic carbocycles. The van der Waals surface area contributed by atoms with E-state index in [-0.39, 0.29) is 11.3 Å². The average Bonchev–Trinajstić information content (AvgIpc) is 2.61. The number of para-hydroxylation sites is 1. The molecular formula is C21H26N2O. The lowest BCUT2D eigenvalue weighted by Gasteiger charge is -2.36. The average molecular weight is 322 g/mol. The van der Waals surface area contributed by atoms with Crippen LogP contribution in [-0.2, 0) is 5.41 Å². The van der Waals surface area contributed by atoms with Crippen LogP contribution in [0.5, 0.6) is 0 Å². The molecule has 0 unspecified atom stereocenters. The van der Waals surface area contributed by atoms with E-state index in [2.05, 4.69) is 62.1 Å². The number of amides is 1. The second-order valence-electron chi connectivity index (χ2n) is 7.44. The van der Waals surface area contributed by atoms with Crippen molar-refractivity contribution in [1.29, 1.82) is 0 Å². The van der Waals surface area contributed by atoms with Crippen LogP contribution >= 0.6 is 0 Å². The second-order valence-corrected chi connectivity index (χ2v) is 7.44. The van der Waals surface area contributed by atoms with Gasteiger partial charge in [0.15, 0.2) is 0 Å². The Balaban J connectivity index is 1.63. The lowest BCUT2D eigenvalue weighted by molar-refractivity contribution is 0.0746. The predicted molar refractivity (Wildman–Crippen MR) is 99.7 cm³/mol. The summed E-state index contributed by atoms with van der Waals surface area (Å²) in [5.74, 6) is 0.142. The second kappa shape index (κ2) is 6.68. The molecule has 0 aromatic heterocycles. The largest absolute Gasteiger partial charge is 0.368 e. The number of carbonyl (C=O) groups is 1. The summed E-state index contributed by atoms with van der Waals surface area (Å²) in [6.45, 7) is 9.88. The van der Waals surface area contributed by atoms with Crippen molar-refractivity contribution >= 4 is 11.6 Å². The maximum atomic E-state index is 12.7. The van der Waals surface area contributed by atoms with Crippen molar-refractivity contribution in [2.24, 2.45) is 0 Å². The van der Waals surface area contributed by atoms with E-state index in [0.29, 0.717) is 0 Å². The fourth-order valence-corrected chi connectivity index (χ4v) is 3.10. The first-order chi connectivity index (χ1) is 11.4. The minimum absolute atomic E-state index is 0.114. The van der Waals surface area contributed by atoms with Gasteiger partial charge in [-0.1, -0.05) is 51.1 Å². The fraction of sp³-hybridized carbons (Fsp3) is 0.381. The molecule has 2 aromatic carbocycles.